The van der Waals surface area contributed by atoms with Gasteiger partial charge in [0.15, 0.2) is 6.04 Å². The average molecular weight is 319 g/mol. The van der Waals surface area contributed by atoms with E-state index in [4.69, 9.17) is 4.74 Å². The van der Waals surface area contributed by atoms with Gasteiger partial charge in [0.2, 0.25) is 5.91 Å². The largest absolute Gasteiger partial charge is 0.497 e. The van der Waals surface area contributed by atoms with Crippen LogP contribution in [0.25, 0.3) is 0 Å². The molecule has 2 unspecified atom stereocenters. The van der Waals surface area contributed by atoms with Crippen LogP contribution in [-0.4, -0.2) is 24.1 Å². The Morgan fingerprint density at radius 2 is 1.86 bits per heavy atom. The van der Waals surface area contributed by atoms with E-state index in [1.165, 1.54) is 18.4 Å². The molecule has 1 heterocycles. The molecule has 0 aliphatic rings. The Morgan fingerprint density at radius 1 is 1.18 bits per heavy atom. The molecule has 1 aromatic carbocycles. The highest BCUT2D eigenvalue weighted by atomic mass is 32.1. The molecule has 22 heavy (non-hydrogen) atoms. The molecule has 0 saturated carbocycles. The molecule has 0 spiro atoms. The van der Waals surface area contributed by atoms with Crippen LogP contribution in [-0.2, 0) is 9.59 Å². The summed E-state index contributed by atoms with van der Waals surface area (Å²) in [5, 5.41) is 15.7. The summed E-state index contributed by atoms with van der Waals surface area (Å²) in [7, 11) is 1.54. The van der Waals surface area contributed by atoms with Crippen LogP contribution >= 0.6 is 11.3 Å². The number of carboxylic acid groups (broad SMARTS) is 1. The second kappa shape index (κ2) is 7.09. The Balaban J connectivity index is 2.14. The molecule has 2 atom stereocenters. The highest BCUT2D eigenvalue weighted by Gasteiger charge is 2.25. The van der Waals surface area contributed by atoms with E-state index in [9.17, 15) is 14.7 Å². The first-order chi connectivity index (χ1) is 10.5. The molecular weight excluding hydrogens is 302 g/mol. The molecule has 0 fully saturated rings. The molecule has 0 aliphatic carbocycles. The summed E-state index contributed by atoms with van der Waals surface area (Å²) in [5.41, 5.74) is 1.38. The number of ether oxygens (including phenoxy) is 1. The summed E-state index contributed by atoms with van der Waals surface area (Å²) in [6, 6.07) is 7.37. The molecule has 2 rings (SSSR count). The van der Waals surface area contributed by atoms with Gasteiger partial charge in [-0.05, 0) is 47.0 Å². The van der Waals surface area contributed by atoms with Gasteiger partial charge in [0.05, 0.1) is 13.0 Å². The summed E-state index contributed by atoms with van der Waals surface area (Å²) in [6.07, 6.45) is 0. The standard InChI is InChI=1S/C16H17NO4S/c1-10(12-7-8-22-9-12)15(18)17-14(16(19)20)11-3-5-13(21-2)6-4-11/h3-10,14H,1-2H3,(H,17,18)(H,19,20). The fraction of sp³-hybridized carbons (Fsp3) is 0.250. The molecule has 1 aromatic heterocycles. The van der Waals surface area contributed by atoms with Crippen molar-refractivity contribution in [2.45, 2.75) is 18.9 Å². The monoisotopic (exact) mass is 319 g/mol. The number of rotatable bonds is 6. The molecule has 0 radical (unpaired) electrons. The van der Waals surface area contributed by atoms with Crippen LogP contribution in [0.1, 0.15) is 30.0 Å². The summed E-state index contributed by atoms with van der Waals surface area (Å²) in [4.78, 5) is 23.7. The van der Waals surface area contributed by atoms with Crippen molar-refractivity contribution in [2.75, 3.05) is 7.11 Å². The number of hydrogen-bond acceptors (Lipinski definition) is 4. The average Bonchev–Trinajstić information content (AvgIpc) is 3.05. The van der Waals surface area contributed by atoms with Crippen molar-refractivity contribution < 1.29 is 19.4 Å². The lowest BCUT2D eigenvalue weighted by molar-refractivity contribution is -0.142. The second-order valence-electron chi connectivity index (χ2n) is 4.83. The minimum atomic E-state index is -1.10. The number of aliphatic carboxylic acids is 1. The number of amides is 1. The van der Waals surface area contributed by atoms with Crippen molar-refractivity contribution >= 4 is 23.2 Å². The minimum Gasteiger partial charge on any atom is -0.497 e. The Labute approximate surface area is 132 Å². The first-order valence-electron chi connectivity index (χ1n) is 6.72. The number of methoxy groups -OCH3 is 1. The van der Waals surface area contributed by atoms with E-state index in [2.05, 4.69) is 5.32 Å². The van der Waals surface area contributed by atoms with Gasteiger partial charge in [-0.25, -0.2) is 4.79 Å². The quantitative estimate of drug-likeness (QED) is 0.858. The van der Waals surface area contributed by atoms with Crippen molar-refractivity contribution in [3.05, 3.63) is 52.2 Å². The topological polar surface area (TPSA) is 75.6 Å². The first kappa shape index (κ1) is 16.0. The third kappa shape index (κ3) is 3.65. The van der Waals surface area contributed by atoms with E-state index < -0.39 is 17.9 Å². The predicted molar refractivity (Wildman–Crippen MR) is 84.2 cm³/mol. The summed E-state index contributed by atoms with van der Waals surface area (Å²) >= 11 is 1.50. The van der Waals surface area contributed by atoms with Gasteiger partial charge in [-0.1, -0.05) is 12.1 Å². The number of carbonyl (C=O) groups is 2. The summed E-state index contributed by atoms with van der Waals surface area (Å²) in [5.74, 6) is -1.19. The number of hydrogen-bond donors (Lipinski definition) is 2. The lowest BCUT2D eigenvalue weighted by Gasteiger charge is -2.18. The number of carboxylic acids is 1. The van der Waals surface area contributed by atoms with Gasteiger partial charge in [0.1, 0.15) is 5.75 Å². The Morgan fingerprint density at radius 3 is 2.36 bits per heavy atom. The lowest BCUT2D eigenvalue weighted by atomic mass is 10.0. The lowest BCUT2D eigenvalue weighted by Crippen LogP contribution is -2.36. The maximum Gasteiger partial charge on any atom is 0.330 e. The van der Waals surface area contributed by atoms with Gasteiger partial charge in [-0.3, -0.25) is 4.79 Å². The second-order valence-corrected chi connectivity index (χ2v) is 5.61. The van der Waals surface area contributed by atoms with E-state index >= 15 is 0 Å². The van der Waals surface area contributed by atoms with Crippen molar-refractivity contribution in [1.82, 2.24) is 5.32 Å². The summed E-state index contributed by atoms with van der Waals surface area (Å²) < 4.78 is 5.04. The zero-order valence-electron chi connectivity index (χ0n) is 12.3. The SMILES string of the molecule is COc1ccc(C(NC(=O)C(C)c2ccsc2)C(=O)O)cc1. The molecule has 0 aliphatic heterocycles. The number of nitrogens with one attached hydrogen (secondary N) is 1. The molecule has 6 heteroatoms. The molecule has 2 aromatic rings. The van der Waals surface area contributed by atoms with Crippen molar-refractivity contribution in [3.63, 3.8) is 0 Å². The molecular formula is C16H17NO4S. The third-order valence-electron chi connectivity index (χ3n) is 3.42. The normalized spacial score (nSPS) is 13.2. The molecule has 0 bridgehead atoms. The number of thiophene rings is 1. The van der Waals surface area contributed by atoms with E-state index in [1.807, 2.05) is 16.8 Å². The van der Waals surface area contributed by atoms with Crippen LogP contribution in [0.2, 0.25) is 0 Å². The van der Waals surface area contributed by atoms with Gasteiger partial charge in [0, 0.05) is 0 Å². The van der Waals surface area contributed by atoms with Crippen LogP contribution in [0.15, 0.2) is 41.1 Å². The predicted octanol–water partition coefficient (Wildman–Crippen LogP) is 2.80. The fourth-order valence-electron chi connectivity index (χ4n) is 2.02. The van der Waals surface area contributed by atoms with Crippen LogP contribution in [0.3, 0.4) is 0 Å². The molecule has 0 saturated heterocycles. The minimum absolute atomic E-state index is 0.318. The van der Waals surface area contributed by atoms with Crippen LogP contribution in [0.4, 0.5) is 0 Å². The molecule has 1 amide bonds. The van der Waals surface area contributed by atoms with Gasteiger partial charge >= 0.3 is 5.97 Å². The van der Waals surface area contributed by atoms with Crippen molar-refractivity contribution in [1.29, 1.82) is 0 Å². The maximum atomic E-state index is 12.3. The first-order valence-corrected chi connectivity index (χ1v) is 7.66. The van der Waals surface area contributed by atoms with Gasteiger partial charge < -0.3 is 15.2 Å². The smallest absolute Gasteiger partial charge is 0.330 e. The van der Waals surface area contributed by atoms with Crippen LogP contribution in [0.5, 0.6) is 5.75 Å². The zero-order valence-corrected chi connectivity index (χ0v) is 13.1. The molecule has 116 valence electrons. The van der Waals surface area contributed by atoms with E-state index in [1.54, 1.807) is 31.2 Å². The van der Waals surface area contributed by atoms with Crippen LogP contribution in [0, 0.1) is 0 Å². The Bertz CT molecular complexity index is 637. The van der Waals surface area contributed by atoms with Gasteiger partial charge in [-0.2, -0.15) is 11.3 Å². The van der Waals surface area contributed by atoms with E-state index in [0.29, 0.717) is 11.3 Å². The Kier molecular flexibility index (Phi) is 5.16. The Hall–Kier alpha value is -2.34. The van der Waals surface area contributed by atoms with Crippen LogP contribution < -0.4 is 10.1 Å². The van der Waals surface area contributed by atoms with Gasteiger partial charge in [-0.15, -0.1) is 0 Å². The molecule has 5 nitrogen and oxygen atoms in total. The number of benzene rings is 1. The van der Waals surface area contributed by atoms with Crippen molar-refractivity contribution in [2.24, 2.45) is 0 Å². The highest BCUT2D eigenvalue weighted by molar-refractivity contribution is 7.08. The van der Waals surface area contributed by atoms with Gasteiger partial charge in [0.25, 0.3) is 0 Å². The molecule has 2 N–H and O–H groups in total. The maximum absolute atomic E-state index is 12.3. The summed E-state index contributed by atoms with van der Waals surface area (Å²) in [6.45, 7) is 1.75. The van der Waals surface area contributed by atoms with E-state index in [0.717, 1.165) is 5.56 Å². The van der Waals surface area contributed by atoms with E-state index in [-0.39, 0.29) is 5.91 Å². The highest BCUT2D eigenvalue weighted by Crippen LogP contribution is 2.22. The van der Waals surface area contributed by atoms with Crippen molar-refractivity contribution in [3.8, 4) is 5.75 Å². The third-order valence-corrected chi connectivity index (χ3v) is 4.12. The fourth-order valence-corrected chi connectivity index (χ4v) is 2.78. The zero-order chi connectivity index (χ0) is 16.1. The number of carbonyl (C=O) groups excluding carboxylic acids is 1.